The standard InChI is InChI=1S/C15H29NO2Si/c1-14(2,3)16-12(9-10-13(16)17)11-18-19(7,8)15(4,5)6/h9-10,12H,11H2,1-8H3/t12-/m0/s1. The van der Waals surface area contributed by atoms with Gasteiger partial charge in [0.25, 0.3) is 0 Å². The van der Waals surface area contributed by atoms with Crippen molar-refractivity contribution in [3.63, 3.8) is 0 Å². The van der Waals surface area contributed by atoms with E-state index in [0.717, 1.165) is 0 Å². The van der Waals surface area contributed by atoms with Gasteiger partial charge in [-0.1, -0.05) is 26.8 Å². The van der Waals surface area contributed by atoms with Gasteiger partial charge in [-0.25, -0.2) is 0 Å². The molecular formula is C15H29NO2Si. The highest BCUT2D eigenvalue weighted by molar-refractivity contribution is 6.74. The van der Waals surface area contributed by atoms with Crippen molar-refractivity contribution >= 4 is 14.2 Å². The van der Waals surface area contributed by atoms with Gasteiger partial charge in [-0.15, -0.1) is 0 Å². The summed E-state index contributed by atoms with van der Waals surface area (Å²) in [5.41, 5.74) is -0.165. The Bertz CT molecular complexity index is 375. The van der Waals surface area contributed by atoms with E-state index in [9.17, 15) is 4.79 Å². The lowest BCUT2D eigenvalue weighted by Crippen LogP contribution is -2.51. The lowest BCUT2D eigenvalue weighted by Gasteiger charge is -2.41. The van der Waals surface area contributed by atoms with Crippen molar-refractivity contribution in [2.75, 3.05) is 6.61 Å². The number of amides is 1. The molecule has 0 aromatic carbocycles. The summed E-state index contributed by atoms with van der Waals surface area (Å²) in [6.45, 7) is 18.0. The van der Waals surface area contributed by atoms with Crippen LogP contribution in [0.25, 0.3) is 0 Å². The summed E-state index contributed by atoms with van der Waals surface area (Å²) in [4.78, 5) is 13.9. The van der Waals surface area contributed by atoms with Gasteiger partial charge in [-0.05, 0) is 38.9 Å². The molecule has 0 radical (unpaired) electrons. The Labute approximate surface area is 119 Å². The molecule has 1 rings (SSSR count). The van der Waals surface area contributed by atoms with E-state index in [1.54, 1.807) is 6.08 Å². The zero-order valence-electron chi connectivity index (χ0n) is 13.7. The van der Waals surface area contributed by atoms with E-state index in [1.807, 2.05) is 11.0 Å². The molecule has 0 aromatic heterocycles. The van der Waals surface area contributed by atoms with Gasteiger partial charge in [-0.3, -0.25) is 4.79 Å². The molecule has 19 heavy (non-hydrogen) atoms. The van der Waals surface area contributed by atoms with E-state index in [2.05, 4.69) is 54.6 Å². The fraction of sp³-hybridized carbons (Fsp3) is 0.800. The second-order valence-electron chi connectivity index (χ2n) is 7.88. The van der Waals surface area contributed by atoms with Crippen molar-refractivity contribution in [3.05, 3.63) is 12.2 Å². The third-order valence-electron chi connectivity index (χ3n) is 4.17. The molecule has 1 atom stereocenters. The maximum absolute atomic E-state index is 11.9. The average molecular weight is 283 g/mol. The topological polar surface area (TPSA) is 29.5 Å². The van der Waals surface area contributed by atoms with Crippen LogP contribution < -0.4 is 0 Å². The van der Waals surface area contributed by atoms with Gasteiger partial charge in [0, 0.05) is 11.6 Å². The first kappa shape index (κ1) is 16.4. The lowest BCUT2D eigenvalue weighted by atomic mass is 10.0. The monoisotopic (exact) mass is 283 g/mol. The van der Waals surface area contributed by atoms with Gasteiger partial charge in [-0.2, -0.15) is 0 Å². The van der Waals surface area contributed by atoms with Crippen molar-refractivity contribution in [3.8, 4) is 0 Å². The Morgan fingerprint density at radius 2 is 1.74 bits per heavy atom. The Hall–Kier alpha value is -0.613. The number of hydrogen-bond donors (Lipinski definition) is 0. The van der Waals surface area contributed by atoms with E-state index >= 15 is 0 Å². The van der Waals surface area contributed by atoms with Crippen molar-refractivity contribution in [2.45, 2.75) is 71.3 Å². The minimum atomic E-state index is -1.75. The summed E-state index contributed by atoms with van der Waals surface area (Å²) in [5.74, 6) is 0.0938. The third kappa shape index (κ3) is 3.69. The predicted molar refractivity (Wildman–Crippen MR) is 82.7 cm³/mol. The molecule has 0 aliphatic carbocycles. The van der Waals surface area contributed by atoms with Crippen molar-refractivity contribution in [1.82, 2.24) is 4.90 Å². The molecule has 1 amide bonds. The summed E-state index contributed by atoms with van der Waals surface area (Å²) in [7, 11) is -1.75. The highest BCUT2D eigenvalue weighted by Crippen LogP contribution is 2.37. The van der Waals surface area contributed by atoms with Gasteiger partial charge in [0.2, 0.25) is 5.91 Å². The molecule has 1 aliphatic rings. The van der Waals surface area contributed by atoms with Crippen LogP contribution in [-0.4, -0.2) is 37.3 Å². The average Bonchev–Trinajstić information content (AvgIpc) is 2.54. The van der Waals surface area contributed by atoms with Crippen LogP contribution in [0.15, 0.2) is 12.2 Å². The summed E-state index contributed by atoms with van der Waals surface area (Å²) < 4.78 is 6.25. The van der Waals surface area contributed by atoms with Crippen molar-refractivity contribution in [2.24, 2.45) is 0 Å². The van der Waals surface area contributed by atoms with Gasteiger partial charge in [0.05, 0.1) is 12.6 Å². The van der Waals surface area contributed by atoms with Crippen LogP contribution in [-0.2, 0) is 9.22 Å². The van der Waals surface area contributed by atoms with Crippen LogP contribution in [0.4, 0.5) is 0 Å². The van der Waals surface area contributed by atoms with Gasteiger partial charge < -0.3 is 9.33 Å². The quantitative estimate of drug-likeness (QED) is 0.741. The Balaban J connectivity index is 2.73. The largest absolute Gasteiger partial charge is 0.414 e. The van der Waals surface area contributed by atoms with Crippen molar-refractivity contribution < 1.29 is 9.22 Å². The highest BCUT2D eigenvalue weighted by atomic mass is 28.4. The summed E-state index contributed by atoms with van der Waals surface area (Å²) in [6.07, 6.45) is 3.64. The van der Waals surface area contributed by atoms with Crippen LogP contribution in [0.1, 0.15) is 41.5 Å². The molecule has 0 saturated heterocycles. The summed E-state index contributed by atoms with van der Waals surface area (Å²) in [5, 5.41) is 0.200. The van der Waals surface area contributed by atoms with Crippen LogP contribution in [0, 0.1) is 0 Å². The van der Waals surface area contributed by atoms with Crippen LogP contribution >= 0.6 is 0 Å². The molecule has 0 unspecified atom stereocenters. The van der Waals surface area contributed by atoms with Crippen molar-refractivity contribution in [1.29, 1.82) is 0 Å². The number of carbonyl (C=O) groups excluding carboxylic acids is 1. The second kappa shape index (κ2) is 5.06. The minimum absolute atomic E-state index is 0.0709. The zero-order chi connectivity index (χ0) is 15.1. The smallest absolute Gasteiger partial charge is 0.247 e. The summed E-state index contributed by atoms with van der Waals surface area (Å²) in [6, 6.07) is 0.0709. The van der Waals surface area contributed by atoms with E-state index < -0.39 is 8.32 Å². The molecule has 0 spiro atoms. The molecule has 1 heterocycles. The van der Waals surface area contributed by atoms with E-state index in [1.165, 1.54) is 0 Å². The molecule has 1 aliphatic heterocycles. The second-order valence-corrected chi connectivity index (χ2v) is 12.7. The van der Waals surface area contributed by atoms with Crippen LogP contribution in [0.5, 0.6) is 0 Å². The number of nitrogens with zero attached hydrogens (tertiary/aromatic N) is 1. The number of hydrogen-bond acceptors (Lipinski definition) is 2. The molecule has 0 aromatic rings. The fourth-order valence-electron chi connectivity index (χ4n) is 1.99. The lowest BCUT2D eigenvalue weighted by molar-refractivity contribution is -0.131. The third-order valence-corrected chi connectivity index (χ3v) is 8.67. The fourth-order valence-corrected chi connectivity index (χ4v) is 3.01. The van der Waals surface area contributed by atoms with Crippen LogP contribution in [0.3, 0.4) is 0 Å². The van der Waals surface area contributed by atoms with Gasteiger partial charge in [0.1, 0.15) is 0 Å². The summed E-state index contributed by atoms with van der Waals surface area (Å²) >= 11 is 0. The predicted octanol–water partition coefficient (Wildman–Crippen LogP) is 3.57. The number of rotatable bonds is 3. The molecule has 0 bridgehead atoms. The first-order valence-electron chi connectivity index (χ1n) is 7.02. The Morgan fingerprint density at radius 1 is 1.21 bits per heavy atom. The molecule has 110 valence electrons. The molecule has 3 nitrogen and oxygen atoms in total. The van der Waals surface area contributed by atoms with E-state index in [0.29, 0.717) is 6.61 Å². The first-order valence-corrected chi connectivity index (χ1v) is 9.92. The molecule has 0 N–H and O–H groups in total. The molecule has 4 heteroatoms. The molecular weight excluding hydrogens is 254 g/mol. The zero-order valence-corrected chi connectivity index (χ0v) is 14.7. The normalized spacial score (nSPS) is 21.4. The Morgan fingerprint density at radius 3 is 2.16 bits per heavy atom. The van der Waals surface area contributed by atoms with Gasteiger partial charge >= 0.3 is 0 Å². The highest BCUT2D eigenvalue weighted by Gasteiger charge is 2.40. The molecule has 0 fully saturated rings. The van der Waals surface area contributed by atoms with Crippen LogP contribution in [0.2, 0.25) is 18.1 Å². The molecule has 0 saturated carbocycles. The van der Waals surface area contributed by atoms with E-state index in [4.69, 9.17) is 4.43 Å². The number of carbonyl (C=O) groups is 1. The van der Waals surface area contributed by atoms with E-state index in [-0.39, 0.29) is 22.5 Å². The van der Waals surface area contributed by atoms with Gasteiger partial charge in [0.15, 0.2) is 8.32 Å². The first-order chi connectivity index (χ1) is 8.36. The maximum atomic E-state index is 11.9. The maximum Gasteiger partial charge on any atom is 0.247 e. The SMILES string of the molecule is CC(C)(C)N1C(=O)C=C[C@H]1CO[Si](C)(C)C(C)(C)C. The Kier molecular flexibility index (Phi) is 4.38. The minimum Gasteiger partial charge on any atom is -0.414 e.